The molecule has 1 amide bonds. The topological polar surface area (TPSA) is 91.5 Å². The third-order valence-corrected chi connectivity index (χ3v) is 8.20. The van der Waals surface area contributed by atoms with Gasteiger partial charge in [-0.2, -0.15) is 5.10 Å². The number of carbonyl (C=O) groups is 1. The molecule has 3 fully saturated rings. The van der Waals surface area contributed by atoms with Crippen LogP contribution in [0.25, 0.3) is 0 Å². The summed E-state index contributed by atoms with van der Waals surface area (Å²) in [4.78, 5) is 24.2. The zero-order chi connectivity index (χ0) is 22.7. The van der Waals surface area contributed by atoms with Gasteiger partial charge in [0.05, 0.1) is 17.9 Å². The van der Waals surface area contributed by atoms with Crippen LogP contribution in [0.3, 0.4) is 0 Å². The lowest BCUT2D eigenvalue weighted by Crippen LogP contribution is -2.57. The largest absolute Gasteiger partial charge is 0.368 e. The summed E-state index contributed by atoms with van der Waals surface area (Å²) >= 11 is 0. The second-order valence-corrected chi connectivity index (χ2v) is 10.5. The van der Waals surface area contributed by atoms with Crippen LogP contribution in [0.2, 0.25) is 0 Å². The van der Waals surface area contributed by atoms with Crippen molar-refractivity contribution in [3.63, 3.8) is 0 Å². The highest BCUT2D eigenvalue weighted by atomic mass is 16.1. The summed E-state index contributed by atoms with van der Waals surface area (Å²) in [7, 11) is 4.30. The first-order valence-corrected chi connectivity index (χ1v) is 12.6. The lowest BCUT2D eigenvalue weighted by Gasteiger charge is -2.43. The normalized spacial score (nSPS) is 30.9. The Balaban J connectivity index is 1.35. The number of hydrogen-bond acceptors (Lipinski definition) is 7. The summed E-state index contributed by atoms with van der Waals surface area (Å²) in [6.45, 7) is 5.59. The van der Waals surface area contributed by atoms with Gasteiger partial charge >= 0.3 is 0 Å². The molecule has 1 aromatic heterocycles. The van der Waals surface area contributed by atoms with Gasteiger partial charge in [0.25, 0.3) is 0 Å². The molecule has 0 radical (unpaired) electrons. The maximum atomic E-state index is 12.4. The number of anilines is 1. The van der Waals surface area contributed by atoms with Crippen LogP contribution in [-0.4, -0.2) is 83.2 Å². The average Bonchev–Trinajstić information content (AvgIpc) is 2.80. The average molecular weight is 444 g/mol. The number of primary amides is 1. The third kappa shape index (κ3) is 5.39. The van der Waals surface area contributed by atoms with Crippen molar-refractivity contribution in [3.8, 4) is 0 Å². The van der Waals surface area contributed by atoms with Gasteiger partial charge in [0.1, 0.15) is 0 Å². The van der Waals surface area contributed by atoms with E-state index in [-0.39, 0.29) is 11.9 Å². The number of hydrogen-bond donors (Lipinski definition) is 1. The summed E-state index contributed by atoms with van der Waals surface area (Å²) < 4.78 is 0. The quantitative estimate of drug-likeness (QED) is 0.721. The van der Waals surface area contributed by atoms with Gasteiger partial charge in [-0.3, -0.25) is 9.69 Å². The van der Waals surface area contributed by atoms with E-state index in [1.165, 1.54) is 25.7 Å². The lowest BCUT2D eigenvalue weighted by molar-refractivity contribution is -0.126. The fraction of sp³-hybridized carbons (Fsp3) is 0.833. The predicted molar refractivity (Wildman–Crippen MR) is 126 cm³/mol. The fourth-order valence-corrected chi connectivity index (χ4v) is 6.04. The molecule has 2 saturated carbocycles. The molecule has 2 aliphatic carbocycles. The molecule has 3 aliphatic rings. The number of piperazine rings is 1. The van der Waals surface area contributed by atoms with Crippen molar-refractivity contribution in [1.29, 1.82) is 0 Å². The molecule has 2 N–H and O–H groups in total. The second-order valence-electron chi connectivity index (χ2n) is 10.5. The Morgan fingerprint density at radius 1 is 1.03 bits per heavy atom. The van der Waals surface area contributed by atoms with E-state index in [9.17, 15) is 4.79 Å². The first kappa shape index (κ1) is 23.4. The molecule has 4 rings (SSSR count). The van der Waals surface area contributed by atoms with Crippen molar-refractivity contribution in [2.45, 2.75) is 76.3 Å². The third-order valence-electron chi connectivity index (χ3n) is 8.20. The van der Waals surface area contributed by atoms with Gasteiger partial charge in [-0.05, 0) is 64.5 Å². The molecule has 1 aromatic rings. The molecular weight excluding hydrogens is 402 g/mol. The van der Waals surface area contributed by atoms with Crippen molar-refractivity contribution < 1.29 is 4.79 Å². The van der Waals surface area contributed by atoms with E-state index in [1.807, 2.05) is 6.20 Å². The number of nitrogens with zero attached hydrogens (tertiary/aromatic N) is 6. The van der Waals surface area contributed by atoms with E-state index in [1.54, 1.807) is 0 Å². The first-order valence-electron chi connectivity index (χ1n) is 12.6. The predicted octanol–water partition coefficient (Wildman–Crippen LogP) is 2.26. The molecule has 8 nitrogen and oxygen atoms in total. The van der Waals surface area contributed by atoms with Crippen molar-refractivity contribution in [2.75, 3.05) is 45.2 Å². The number of nitrogens with two attached hydrogens (primary N) is 1. The van der Waals surface area contributed by atoms with E-state index in [4.69, 9.17) is 10.7 Å². The van der Waals surface area contributed by atoms with Gasteiger partial charge in [0.15, 0.2) is 0 Å². The van der Waals surface area contributed by atoms with Gasteiger partial charge in [0.2, 0.25) is 11.9 Å². The van der Waals surface area contributed by atoms with Crippen LogP contribution >= 0.6 is 0 Å². The molecular formula is C24H41N7O. The summed E-state index contributed by atoms with van der Waals surface area (Å²) in [5.74, 6) is 2.27. The van der Waals surface area contributed by atoms with Gasteiger partial charge in [-0.1, -0.05) is 19.8 Å². The van der Waals surface area contributed by atoms with Crippen LogP contribution in [0.15, 0.2) is 6.20 Å². The van der Waals surface area contributed by atoms with Gasteiger partial charge in [-0.25, -0.2) is 4.98 Å². The lowest BCUT2D eigenvalue weighted by atomic mass is 9.80. The van der Waals surface area contributed by atoms with Crippen molar-refractivity contribution in [1.82, 2.24) is 25.0 Å². The number of rotatable bonds is 6. The second kappa shape index (κ2) is 10.4. The monoisotopic (exact) mass is 443 g/mol. The molecule has 178 valence electrons. The number of amides is 1. The molecule has 0 spiro atoms. The van der Waals surface area contributed by atoms with E-state index < -0.39 is 0 Å². The SMILES string of the molecule is CC1CCC(c2cnnc(N3CCN(C(C(N)=O)C4CCC(N(C)C)CC4)CC3)n2)CC1. The Labute approximate surface area is 192 Å². The van der Waals surface area contributed by atoms with E-state index in [2.05, 4.69) is 45.9 Å². The smallest absolute Gasteiger partial charge is 0.245 e. The van der Waals surface area contributed by atoms with Gasteiger partial charge < -0.3 is 15.5 Å². The van der Waals surface area contributed by atoms with Crippen LogP contribution in [-0.2, 0) is 4.79 Å². The highest BCUT2D eigenvalue weighted by Gasteiger charge is 2.37. The van der Waals surface area contributed by atoms with Crippen molar-refractivity contribution >= 4 is 11.9 Å². The zero-order valence-electron chi connectivity index (χ0n) is 20.1. The minimum absolute atomic E-state index is 0.158. The zero-order valence-corrected chi connectivity index (χ0v) is 20.1. The Morgan fingerprint density at radius 3 is 2.28 bits per heavy atom. The molecule has 32 heavy (non-hydrogen) atoms. The molecule has 1 saturated heterocycles. The summed E-state index contributed by atoms with van der Waals surface area (Å²) in [5, 5.41) is 8.63. The Hall–Kier alpha value is -1.80. The molecule has 0 bridgehead atoms. The van der Waals surface area contributed by atoms with E-state index in [0.717, 1.165) is 69.4 Å². The van der Waals surface area contributed by atoms with Crippen LogP contribution in [0.1, 0.15) is 69.9 Å². The maximum Gasteiger partial charge on any atom is 0.245 e. The number of carbonyl (C=O) groups excluding carboxylic acids is 1. The van der Waals surface area contributed by atoms with Crippen LogP contribution in [0.4, 0.5) is 5.95 Å². The van der Waals surface area contributed by atoms with Gasteiger partial charge in [-0.15, -0.1) is 5.10 Å². The molecule has 1 aliphatic heterocycles. The Morgan fingerprint density at radius 2 is 1.69 bits per heavy atom. The molecule has 1 atom stereocenters. The summed E-state index contributed by atoms with van der Waals surface area (Å²) in [5.41, 5.74) is 7.01. The van der Waals surface area contributed by atoms with Crippen molar-refractivity contribution in [3.05, 3.63) is 11.9 Å². The highest BCUT2D eigenvalue weighted by Crippen LogP contribution is 2.35. The van der Waals surface area contributed by atoms with Crippen LogP contribution in [0.5, 0.6) is 0 Å². The Bertz CT molecular complexity index is 748. The molecule has 0 aromatic carbocycles. The summed E-state index contributed by atoms with van der Waals surface area (Å²) in [6, 6.07) is 0.468. The highest BCUT2D eigenvalue weighted by molar-refractivity contribution is 5.80. The minimum atomic E-state index is -0.168. The van der Waals surface area contributed by atoms with E-state index in [0.29, 0.717) is 17.9 Å². The standard InChI is InChI=1S/C24H41N7O/c1-17-4-6-18(7-5-17)21-16-26-28-24(27-21)31-14-12-30(13-15-31)22(23(25)32)19-8-10-20(11-9-19)29(2)3/h16-20,22H,4-15H2,1-3H3,(H2,25,32). The summed E-state index contributed by atoms with van der Waals surface area (Å²) in [6.07, 6.45) is 11.2. The fourth-order valence-electron chi connectivity index (χ4n) is 6.04. The van der Waals surface area contributed by atoms with Gasteiger partial charge in [0, 0.05) is 38.1 Å². The first-order chi connectivity index (χ1) is 15.4. The maximum absolute atomic E-state index is 12.4. The Kier molecular flexibility index (Phi) is 7.61. The molecule has 1 unspecified atom stereocenters. The minimum Gasteiger partial charge on any atom is -0.368 e. The molecule has 8 heteroatoms. The number of aromatic nitrogens is 3. The van der Waals surface area contributed by atoms with Crippen molar-refractivity contribution in [2.24, 2.45) is 17.6 Å². The van der Waals surface area contributed by atoms with Crippen LogP contribution < -0.4 is 10.6 Å². The van der Waals surface area contributed by atoms with Crippen LogP contribution in [0, 0.1) is 11.8 Å². The molecule has 2 heterocycles. The van der Waals surface area contributed by atoms with E-state index >= 15 is 0 Å².